The van der Waals surface area contributed by atoms with Crippen LogP contribution in [0.15, 0.2) is 30.3 Å². The first-order valence-corrected chi connectivity index (χ1v) is 11.7. The Kier molecular flexibility index (Phi) is 8.59. The Morgan fingerprint density at radius 1 is 1.21 bits per heavy atom. The number of carbonyl (C=O) groups is 4. The maximum atomic E-state index is 14.7. The number of amides is 4. The largest absolute Gasteiger partial charge is 0.370 e. The van der Waals surface area contributed by atoms with Crippen LogP contribution in [0.4, 0.5) is 15.8 Å². The second-order valence-corrected chi connectivity index (χ2v) is 9.50. The van der Waals surface area contributed by atoms with E-state index in [-0.39, 0.29) is 24.7 Å². The Morgan fingerprint density at radius 3 is 2.59 bits per heavy atom. The quantitative estimate of drug-likeness (QED) is 0.504. The average Bonchev–Trinajstić information content (AvgIpc) is 3.24. The van der Waals surface area contributed by atoms with Crippen molar-refractivity contribution >= 4 is 57.9 Å². The minimum Gasteiger partial charge on any atom is -0.370 e. The van der Waals surface area contributed by atoms with Crippen molar-refractivity contribution in [1.29, 1.82) is 0 Å². The summed E-state index contributed by atoms with van der Waals surface area (Å²) in [4.78, 5) is 51.1. The summed E-state index contributed by atoms with van der Waals surface area (Å²) in [6, 6.07) is 5.94. The van der Waals surface area contributed by atoms with E-state index in [4.69, 9.17) is 16.3 Å². The van der Waals surface area contributed by atoms with Crippen LogP contribution in [0.25, 0.3) is 0 Å². The first-order valence-electron chi connectivity index (χ1n) is 10.5. The standard InChI is InChI=1S/C22H24ClFN4O5S/c1-12(2)20(30)27-16(10-25-22(32)17-5-6-18(23)34-17)21(31)26-15-4-3-13(9-14(15)24)28-7-8-33-11-19(28)29/h3-6,9,12,16H,7-8,10-11H2,1-2H3,(H,25,32)(H,26,31)(H,27,30)/t16-/m1/s1. The normalized spacial score (nSPS) is 14.6. The van der Waals surface area contributed by atoms with Gasteiger partial charge in [-0.25, -0.2) is 4.39 Å². The first-order chi connectivity index (χ1) is 16.2. The molecule has 12 heteroatoms. The molecule has 1 aromatic heterocycles. The molecule has 1 fully saturated rings. The molecule has 1 atom stereocenters. The van der Waals surface area contributed by atoms with Crippen molar-refractivity contribution in [3.63, 3.8) is 0 Å². The summed E-state index contributed by atoms with van der Waals surface area (Å²) in [6.45, 7) is 3.64. The number of hydrogen-bond acceptors (Lipinski definition) is 6. The number of nitrogens with one attached hydrogen (secondary N) is 3. The van der Waals surface area contributed by atoms with Crippen LogP contribution in [-0.2, 0) is 19.1 Å². The summed E-state index contributed by atoms with van der Waals surface area (Å²) in [5, 5.41) is 7.58. The third-order valence-corrected chi connectivity index (χ3v) is 6.16. The van der Waals surface area contributed by atoms with Gasteiger partial charge in [-0.1, -0.05) is 25.4 Å². The number of ether oxygens (including phenoxy) is 1. The molecule has 1 saturated heterocycles. The van der Waals surface area contributed by atoms with Gasteiger partial charge >= 0.3 is 0 Å². The monoisotopic (exact) mass is 510 g/mol. The lowest BCUT2D eigenvalue weighted by atomic mass is 10.1. The molecule has 0 spiro atoms. The highest BCUT2D eigenvalue weighted by atomic mass is 35.5. The summed E-state index contributed by atoms with van der Waals surface area (Å²) in [5.74, 6) is -3.04. The number of halogens is 2. The molecule has 2 aromatic rings. The van der Waals surface area contributed by atoms with E-state index in [2.05, 4.69) is 16.0 Å². The Hall–Kier alpha value is -3.02. The van der Waals surface area contributed by atoms with E-state index in [1.54, 1.807) is 26.0 Å². The van der Waals surface area contributed by atoms with E-state index in [0.717, 1.165) is 17.4 Å². The minimum atomic E-state index is -1.16. The molecule has 0 saturated carbocycles. The van der Waals surface area contributed by atoms with Gasteiger partial charge in [0.05, 0.1) is 21.5 Å². The zero-order valence-electron chi connectivity index (χ0n) is 18.5. The van der Waals surface area contributed by atoms with E-state index < -0.39 is 35.5 Å². The van der Waals surface area contributed by atoms with Crippen molar-refractivity contribution in [3.05, 3.63) is 45.4 Å². The van der Waals surface area contributed by atoms with Crippen LogP contribution in [0.1, 0.15) is 23.5 Å². The molecule has 0 unspecified atom stereocenters. The van der Waals surface area contributed by atoms with Gasteiger partial charge in [0.1, 0.15) is 18.5 Å². The predicted molar refractivity (Wildman–Crippen MR) is 127 cm³/mol. The van der Waals surface area contributed by atoms with E-state index in [0.29, 0.717) is 28.1 Å². The van der Waals surface area contributed by atoms with E-state index in [1.807, 2.05) is 0 Å². The maximum Gasteiger partial charge on any atom is 0.261 e. The molecule has 34 heavy (non-hydrogen) atoms. The van der Waals surface area contributed by atoms with Gasteiger partial charge in [0.25, 0.3) is 11.8 Å². The van der Waals surface area contributed by atoms with Gasteiger partial charge in [-0.3, -0.25) is 19.2 Å². The van der Waals surface area contributed by atoms with Crippen molar-refractivity contribution in [1.82, 2.24) is 10.6 Å². The molecule has 182 valence electrons. The van der Waals surface area contributed by atoms with Gasteiger partial charge in [0, 0.05) is 24.7 Å². The fourth-order valence-electron chi connectivity index (χ4n) is 3.05. The van der Waals surface area contributed by atoms with Gasteiger partial charge in [-0.15, -0.1) is 11.3 Å². The molecule has 4 amide bonds. The lowest BCUT2D eigenvalue weighted by molar-refractivity contribution is -0.128. The van der Waals surface area contributed by atoms with Gasteiger partial charge in [-0.05, 0) is 30.3 Å². The SMILES string of the molecule is CC(C)C(=O)N[C@H](CNC(=O)c1ccc(Cl)s1)C(=O)Nc1ccc(N2CCOCC2=O)cc1F. The molecule has 1 aliphatic heterocycles. The van der Waals surface area contributed by atoms with Gasteiger partial charge in [-0.2, -0.15) is 0 Å². The smallest absolute Gasteiger partial charge is 0.261 e. The number of anilines is 2. The van der Waals surface area contributed by atoms with Crippen molar-refractivity contribution in [2.24, 2.45) is 5.92 Å². The lowest BCUT2D eigenvalue weighted by Gasteiger charge is -2.27. The van der Waals surface area contributed by atoms with E-state index in [1.165, 1.54) is 17.0 Å². The van der Waals surface area contributed by atoms with Crippen LogP contribution in [0.3, 0.4) is 0 Å². The van der Waals surface area contributed by atoms with Crippen LogP contribution in [0.2, 0.25) is 4.34 Å². The lowest BCUT2D eigenvalue weighted by Crippen LogP contribution is -2.51. The summed E-state index contributed by atoms with van der Waals surface area (Å²) in [5.41, 5.74) is 0.213. The number of benzene rings is 1. The Bertz CT molecular complexity index is 1090. The summed E-state index contributed by atoms with van der Waals surface area (Å²) in [7, 11) is 0. The molecule has 0 bridgehead atoms. The first kappa shape index (κ1) is 25.6. The van der Waals surface area contributed by atoms with Crippen LogP contribution in [0.5, 0.6) is 0 Å². The molecule has 0 radical (unpaired) electrons. The number of nitrogens with zero attached hydrogens (tertiary/aromatic N) is 1. The van der Waals surface area contributed by atoms with Crippen LogP contribution in [-0.4, -0.2) is 56.0 Å². The number of carbonyl (C=O) groups excluding carboxylic acids is 4. The summed E-state index contributed by atoms with van der Waals surface area (Å²) >= 11 is 6.92. The van der Waals surface area contributed by atoms with Crippen LogP contribution < -0.4 is 20.9 Å². The molecule has 3 rings (SSSR count). The fraction of sp³-hybridized carbons (Fsp3) is 0.364. The minimum absolute atomic E-state index is 0.0826. The second-order valence-electron chi connectivity index (χ2n) is 7.78. The maximum absolute atomic E-state index is 14.7. The van der Waals surface area contributed by atoms with Crippen molar-refractivity contribution in [2.45, 2.75) is 19.9 Å². The number of rotatable bonds is 8. The van der Waals surface area contributed by atoms with Gasteiger partial charge in [0.15, 0.2) is 0 Å². The summed E-state index contributed by atoms with van der Waals surface area (Å²) in [6.07, 6.45) is 0. The van der Waals surface area contributed by atoms with E-state index in [9.17, 15) is 23.6 Å². The molecule has 0 aliphatic carbocycles. The highest BCUT2D eigenvalue weighted by Gasteiger charge is 2.25. The molecular formula is C22H24ClFN4O5S. The number of thiophene rings is 1. The number of hydrogen-bond donors (Lipinski definition) is 3. The second kappa shape index (κ2) is 11.4. The Labute approximate surface area is 204 Å². The molecule has 1 aromatic carbocycles. The predicted octanol–water partition coefficient (Wildman–Crippen LogP) is 2.41. The van der Waals surface area contributed by atoms with E-state index >= 15 is 0 Å². The Balaban J connectivity index is 1.70. The van der Waals surface area contributed by atoms with Crippen molar-refractivity contribution < 1.29 is 28.3 Å². The van der Waals surface area contributed by atoms with Crippen molar-refractivity contribution in [3.8, 4) is 0 Å². The molecule has 3 N–H and O–H groups in total. The average molecular weight is 511 g/mol. The highest BCUT2D eigenvalue weighted by molar-refractivity contribution is 7.18. The fourth-order valence-corrected chi connectivity index (χ4v) is 4.01. The van der Waals surface area contributed by atoms with Gasteiger partial charge < -0.3 is 25.6 Å². The third kappa shape index (κ3) is 6.52. The van der Waals surface area contributed by atoms with Crippen LogP contribution >= 0.6 is 22.9 Å². The van der Waals surface area contributed by atoms with Crippen molar-refractivity contribution in [2.75, 3.05) is 36.5 Å². The van der Waals surface area contributed by atoms with Gasteiger partial charge in [0.2, 0.25) is 11.8 Å². The number of morpholine rings is 1. The summed E-state index contributed by atoms with van der Waals surface area (Å²) < 4.78 is 20.2. The molecule has 9 nitrogen and oxygen atoms in total. The highest BCUT2D eigenvalue weighted by Crippen LogP contribution is 2.24. The third-order valence-electron chi connectivity index (χ3n) is 4.93. The zero-order chi connectivity index (χ0) is 24.8. The Morgan fingerprint density at radius 2 is 1.97 bits per heavy atom. The topological polar surface area (TPSA) is 117 Å². The molecule has 1 aliphatic rings. The molecular weight excluding hydrogens is 487 g/mol. The zero-order valence-corrected chi connectivity index (χ0v) is 20.1. The van der Waals surface area contributed by atoms with Crippen LogP contribution in [0, 0.1) is 11.7 Å². The molecule has 2 heterocycles.